The fourth-order valence-corrected chi connectivity index (χ4v) is 6.99. The van der Waals surface area contributed by atoms with Gasteiger partial charge in [0, 0.05) is 57.8 Å². The summed E-state index contributed by atoms with van der Waals surface area (Å²) in [5.74, 6) is -0.475. The molecule has 0 saturated carbocycles. The summed E-state index contributed by atoms with van der Waals surface area (Å²) in [5, 5.41) is 32.3. The van der Waals surface area contributed by atoms with Crippen LogP contribution in [0.3, 0.4) is 0 Å². The molecule has 0 unspecified atom stereocenters. The molecular weight excluding hydrogens is 640 g/mol. The number of rotatable bonds is 6. The number of phenolic OH excluding ortho intramolecular Hbond substituents is 2. The van der Waals surface area contributed by atoms with Gasteiger partial charge in [0.1, 0.15) is 11.5 Å². The molecule has 10 nitrogen and oxygen atoms in total. The quantitative estimate of drug-likeness (QED) is 0.113. The number of hydrazone groups is 2. The average molecular weight is 675 g/mol. The molecule has 2 aliphatic rings. The van der Waals surface area contributed by atoms with Gasteiger partial charge in [0.25, 0.3) is 11.8 Å². The molecule has 2 heterocycles. The number of nitrogens with zero attached hydrogens (tertiary/aromatic N) is 4. The molecular formula is C41H34N6O4. The van der Waals surface area contributed by atoms with Gasteiger partial charge in [-0.05, 0) is 96.1 Å². The van der Waals surface area contributed by atoms with Crippen LogP contribution in [0.5, 0.6) is 11.5 Å². The molecule has 0 fully saturated rings. The third-order valence-corrected chi connectivity index (χ3v) is 9.56. The number of amides is 2. The van der Waals surface area contributed by atoms with E-state index in [2.05, 4.69) is 55.1 Å². The van der Waals surface area contributed by atoms with Crippen molar-refractivity contribution in [2.75, 3.05) is 16.5 Å². The van der Waals surface area contributed by atoms with E-state index in [-0.39, 0.29) is 23.3 Å². The Hall–Kier alpha value is -6.68. The zero-order valence-corrected chi connectivity index (χ0v) is 28.0. The normalized spacial score (nSPS) is 13.5. The van der Waals surface area contributed by atoms with Crippen LogP contribution in [0.1, 0.15) is 54.1 Å². The van der Waals surface area contributed by atoms with Gasteiger partial charge in [0.15, 0.2) is 0 Å². The third-order valence-electron chi connectivity index (χ3n) is 9.56. The summed E-state index contributed by atoms with van der Waals surface area (Å²) in [5.41, 5.74) is 13.9. The second-order valence-corrected chi connectivity index (χ2v) is 13.1. The molecule has 4 N–H and O–H groups in total. The van der Waals surface area contributed by atoms with E-state index < -0.39 is 0 Å². The Morgan fingerprint density at radius 3 is 1.51 bits per heavy atom. The number of hydrogen-bond donors (Lipinski definition) is 4. The zero-order chi connectivity index (χ0) is 35.2. The first-order chi connectivity index (χ1) is 24.7. The van der Waals surface area contributed by atoms with Crippen molar-refractivity contribution in [1.82, 2.24) is 10.9 Å². The maximum Gasteiger partial charge on any atom is 0.271 e. The highest BCUT2D eigenvalue weighted by Gasteiger charge is 2.31. The second kappa shape index (κ2) is 12.6. The lowest BCUT2D eigenvalue weighted by molar-refractivity contribution is 0.0947. The van der Waals surface area contributed by atoms with Crippen molar-refractivity contribution in [3.05, 3.63) is 142 Å². The van der Waals surface area contributed by atoms with Crippen LogP contribution in [0.4, 0.5) is 11.4 Å². The van der Waals surface area contributed by atoms with Crippen molar-refractivity contribution in [1.29, 1.82) is 0 Å². The Morgan fingerprint density at radius 2 is 1.06 bits per heavy atom. The summed E-state index contributed by atoms with van der Waals surface area (Å²) in [4.78, 5) is 30.7. The van der Waals surface area contributed by atoms with Gasteiger partial charge in [-0.25, -0.2) is 10.9 Å². The van der Waals surface area contributed by atoms with Gasteiger partial charge in [-0.1, -0.05) is 47.5 Å². The van der Waals surface area contributed by atoms with Gasteiger partial charge in [-0.3, -0.25) is 9.59 Å². The minimum absolute atomic E-state index is 0.0966. The van der Waals surface area contributed by atoms with E-state index in [0.717, 1.165) is 50.7 Å². The van der Waals surface area contributed by atoms with E-state index in [9.17, 15) is 19.8 Å². The summed E-state index contributed by atoms with van der Waals surface area (Å²) in [6, 6.07) is 30.2. The molecule has 6 aromatic carbocycles. The largest absolute Gasteiger partial charge is 0.507 e. The predicted octanol–water partition coefficient (Wildman–Crippen LogP) is 6.85. The zero-order valence-electron chi connectivity index (χ0n) is 28.0. The fraction of sp³-hybridized carbons (Fsp3) is 0.122. The molecule has 0 aliphatic carbocycles. The molecule has 10 heteroatoms. The van der Waals surface area contributed by atoms with Gasteiger partial charge in [0.2, 0.25) is 0 Å². The lowest BCUT2D eigenvalue weighted by Crippen LogP contribution is -2.46. The van der Waals surface area contributed by atoms with Crippen molar-refractivity contribution < 1.29 is 19.8 Å². The average Bonchev–Trinajstić information content (AvgIpc) is 3.13. The lowest BCUT2D eigenvalue weighted by atomic mass is 9.93. The summed E-state index contributed by atoms with van der Waals surface area (Å²) in [7, 11) is 0. The minimum Gasteiger partial charge on any atom is -0.507 e. The van der Waals surface area contributed by atoms with Crippen LogP contribution in [0.25, 0.3) is 21.5 Å². The number of phenols is 2. The van der Waals surface area contributed by atoms with Gasteiger partial charge in [-0.15, -0.1) is 0 Å². The van der Waals surface area contributed by atoms with E-state index >= 15 is 0 Å². The molecule has 8 rings (SSSR count). The van der Waals surface area contributed by atoms with Crippen LogP contribution in [0.2, 0.25) is 0 Å². The standard InChI is InChI=1S/C41H34N6O4/c1-24-3-13-38(48)30(15-24)19-42-44-40(50)28-5-9-32-26(17-28)7-11-36-34(32)21-46-23-47(36)22-35-33-10-6-29(18-27(33)8-12-37(35)46)41(51)45-43-20-31-16-25(2)4-14-39(31)49/h3-20,48-49H,21-23H2,1-2H3,(H,44,50)(H,45,51)/b42-19+,43-20+. The number of nitrogens with one attached hydrogen (secondary N) is 2. The molecule has 0 saturated heterocycles. The summed E-state index contributed by atoms with van der Waals surface area (Å²) >= 11 is 0. The molecule has 252 valence electrons. The molecule has 51 heavy (non-hydrogen) atoms. The van der Waals surface area contributed by atoms with Crippen molar-refractivity contribution >= 4 is 57.2 Å². The maximum atomic E-state index is 13.0. The predicted molar refractivity (Wildman–Crippen MR) is 201 cm³/mol. The van der Waals surface area contributed by atoms with Crippen LogP contribution in [-0.4, -0.2) is 41.1 Å². The maximum absolute atomic E-state index is 13.0. The number of anilines is 2. The number of fused-ring (bicyclic) bond motifs is 10. The van der Waals surface area contributed by atoms with Gasteiger partial charge < -0.3 is 20.0 Å². The number of benzene rings is 6. The molecule has 0 radical (unpaired) electrons. The molecule has 0 atom stereocenters. The van der Waals surface area contributed by atoms with Gasteiger partial charge in [0.05, 0.1) is 19.1 Å². The number of aromatic hydroxyl groups is 2. The number of carbonyl (C=O) groups is 2. The number of hydrogen-bond acceptors (Lipinski definition) is 8. The first kappa shape index (κ1) is 31.6. The Kier molecular flexibility index (Phi) is 7.83. The second-order valence-electron chi connectivity index (χ2n) is 13.1. The third kappa shape index (κ3) is 5.97. The van der Waals surface area contributed by atoms with Gasteiger partial charge >= 0.3 is 0 Å². The van der Waals surface area contributed by atoms with Crippen molar-refractivity contribution in [2.24, 2.45) is 10.2 Å². The van der Waals surface area contributed by atoms with E-state index in [0.29, 0.717) is 35.3 Å². The first-order valence-electron chi connectivity index (χ1n) is 16.6. The van der Waals surface area contributed by atoms with Crippen LogP contribution < -0.4 is 20.7 Å². The van der Waals surface area contributed by atoms with E-state index in [1.807, 2.05) is 50.2 Å². The van der Waals surface area contributed by atoms with Crippen LogP contribution in [-0.2, 0) is 13.1 Å². The summed E-state index contributed by atoms with van der Waals surface area (Å²) < 4.78 is 0. The van der Waals surface area contributed by atoms with Crippen LogP contribution in [0.15, 0.2) is 107 Å². The molecule has 0 aromatic heterocycles. The SMILES string of the molecule is Cc1ccc(O)c(/C=N/NC(=O)c2ccc3c4c(ccc3c2)N2Cc3c(ccc5cc(C(=O)N/N=C/c6cc(C)ccc6O)ccc35)N(C4)C2)c1. The van der Waals surface area contributed by atoms with Crippen LogP contribution >= 0.6 is 0 Å². The number of aryl methyl sites for hydroxylation is 2. The molecule has 2 amide bonds. The highest BCUT2D eigenvalue weighted by molar-refractivity contribution is 6.03. The summed E-state index contributed by atoms with van der Waals surface area (Å²) in [6.45, 7) is 6.04. The Balaban J connectivity index is 1.00. The highest BCUT2D eigenvalue weighted by atomic mass is 16.3. The first-order valence-corrected chi connectivity index (χ1v) is 16.6. The molecule has 0 spiro atoms. The number of carbonyl (C=O) groups excluding carboxylic acids is 2. The fourth-order valence-electron chi connectivity index (χ4n) is 6.99. The monoisotopic (exact) mass is 674 g/mol. The molecule has 2 aliphatic heterocycles. The Bertz CT molecular complexity index is 2300. The lowest BCUT2D eigenvalue weighted by Gasteiger charge is -2.45. The smallest absolute Gasteiger partial charge is 0.271 e. The Labute approximate surface area is 294 Å². The molecule has 2 bridgehead atoms. The van der Waals surface area contributed by atoms with Crippen molar-refractivity contribution in [2.45, 2.75) is 26.9 Å². The van der Waals surface area contributed by atoms with Gasteiger partial charge in [-0.2, -0.15) is 10.2 Å². The highest BCUT2D eigenvalue weighted by Crippen LogP contribution is 2.43. The van der Waals surface area contributed by atoms with Crippen LogP contribution in [0, 0.1) is 13.8 Å². The topological polar surface area (TPSA) is 130 Å². The van der Waals surface area contributed by atoms with Crippen molar-refractivity contribution in [3.63, 3.8) is 0 Å². The van der Waals surface area contributed by atoms with E-state index in [1.165, 1.54) is 23.6 Å². The minimum atomic E-state index is -0.334. The molecule has 6 aromatic rings. The van der Waals surface area contributed by atoms with E-state index in [4.69, 9.17) is 0 Å². The van der Waals surface area contributed by atoms with Crippen molar-refractivity contribution in [3.8, 4) is 11.5 Å². The van der Waals surface area contributed by atoms with E-state index in [1.54, 1.807) is 36.4 Å². The summed E-state index contributed by atoms with van der Waals surface area (Å²) in [6.07, 6.45) is 2.88. The Morgan fingerprint density at radius 1 is 0.608 bits per heavy atom.